The Labute approximate surface area is 107 Å². The zero-order chi connectivity index (χ0) is 13.2. The van der Waals surface area contributed by atoms with Crippen molar-refractivity contribution in [2.75, 3.05) is 37.7 Å². The number of nitrogens with zero attached hydrogens (tertiary/aromatic N) is 2. The Morgan fingerprint density at radius 2 is 1.83 bits per heavy atom. The van der Waals surface area contributed by atoms with Gasteiger partial charge in [-0.2, -0.15) is 0 Å². The fourth-order valence-electron chi connectivity index (χ4n) is 2.52. The van der Waals surface area contributed by atoms with Gasteiger partial charge in [0.2, 0.25) is 12.3 Å². The monoisotopic (exact) mass is 274 g/mol. The second-order valence-corrected chi connectivity index (χ2v) is 7.15. The Morgan fingerprint density at radius 3 is 2.39 bits per heavy atom. The third kappa shape index (κ3) is 3.01. The number of amides is 2. The van der Waals surface area contributed by atoms with Gasteiger partial charge in [-0.05, 0) is 12.8 Å². The number of rotatable bonds is 2. The fraction of sp³-hybridized carbons (Fsp3) is 0.818. The van der Waals surface area contributed by atoms with E-state index in [0.29, 0.717) is 39.0 Å². The van der Waals surface area contributed by atoms with Gasteiger partial charge in [-0.3, -0.25) is 9.59 Å². The van der Waals surface area contributed by atoms with Crippen LogP contribution in [0.4, 0.5) is 0 Å². The topological polar surface area (TPSA) is 74.8 Å². The van der Waals surface area contributed by atoms with Gasteiger partial charge in [0.05, 0.1) is 17.4 Å². The lowest BCUT2D eigenvalue weighted by Gasteiger charge is -2.35. The number of hydrogen-bond acceptors (Lipinski definition) is 4. The van der Waals surface area contributed by atoms with E-state index in [-0.39, 0.29) is 23.3 Å². The van der Waals surface area contributed by atoms with E-state index in [9.17, 15) is 18.0 Å². The molecule has 0 radical (unpaired) electrons. The van der Waals surface area contributed by atoms with Crippen molar-refractivity contribution in [3.8, 4) is 0 Å². The molecule has 2 saturated heterocycles. The first-order chi connectivity index (χ1) is 8.52. The van der Waals surface area contributed by atoms with E-state index in [4.69, 9.17) is 0 Å². The third-order valence-corrected chi connectivity index (χ3v) is 5.41. The first-order valence-corrected chi connectivity index (χ1v) is 8.02. The van der Waals surface area contributed by atoms with Crippen molar-refractivity contribution < 1.29 is 18.0 Å². The van der Waals surface area contributed by atoms with E-state index in [1.165, 1.54) is 0 Å². The number of carbonyl (C=O) groups excluding carboxylic acids is 2. The van der Waals surface area contributed by atoms with Crippen molar-refractivity contribution >= 4 is 22.2 Å². The molecule has 2 aliphatic heterocycles. The van der Waals surface area contributed by atoms with Crippen LogP contribution < -0.4 is 0 Å². The maximum Gasteiger partial charge on any atom is 0.226 e. The standard InChI is InChI=1S/C11H18N2O4S/c14-9-12-3-5-13(6-4-12)11(15)10-2-1-7-18(16,17)8-10/h9-10H,1-8H2. The summed E-state index contributed by atoms with van der Waals surface area (Å²) in [5, 5.41) is 0. The second-order valence-electron chi connectivity index (χ2n) is 4.92. The molecule has 2 rings (SSSR count). The van der Waals surface area contributed by atoms with Gasteiger partial charge in [-0.25, -0.2) is 8.42 Å². The second kappa shape index (κ2) is 5.26. The van der Waals surface area contributed by atoms with Crippen LogP contribution in [0.25, 0.3) is 0 Å². The molecule has 0 spiro atoms. The SMILES string of the molecule is O=CN1CCN(C(=O)C2CCCS(=O)(=O)C2)CC1. The first kappa shape index (κ1) is 13.3. The largest absolute Gasteiger partial charge is 0.342 e. The minimum absolute atomic E-state index is 0.0142. The number of carbonyl (C=O) groups is 2. The van der Waals surface area contributed by atoms with Crippen LogP contribution >= 0.6 is 0 Å². The number of sulfone groups is 1. The molecule has 1 unspecified atom stereocenters. The van der Waals surface area contributed by atoms with Gasteiger partial charge in [-0.1, -0.05) is 0 Å². The quantitative estimate of drug-likeness (QED) is 0.612. The van der Waals surface area contributed by atoms with Crippen LogP contribution in [0, 0.1) is 5.92 Å². The van der Waals surface area contributed by atoms with Crippen LogP contribution in [0.3, 0.4) is 0 Å². The predicted molar refractivity (Wildman–Crippen MR) is 65.6 cm³/mol. The minimum Gasteiger partial charge on any atom is -0.342 e. The molecule has 0 aromatic rings. The van der Waals surface area contributed by atoms with Crippen LogP contribution in [0.15, 0.2) is 0 Å². The zero-order valence-corrected chi connectivity index (χ0v) is 11.1. The highest BCUT2D eigenvalue weighted by Crippen LogP contribution is 2.21. The summed E-state index contributed by atoms with van der Waals surface area (Å²) in [7, 11) is -3.05. The van der Waals surface area contributed by atoms with Crippen LogP contribution in [-0.4, -0.2) is 68.2 Å². The summed E-state index contributed by atoms with van der Waals surface area (Å²) in [6.07, 6.45) is 2.02. The van der Waals surface area contributed by atoms with Gasteiger partial charge >= 0.3 is 0 Å². The van der Waals surface area contributed by atoms with Gasteiger partial charge in [-0.15, -0.1) is 0 Å². The molecule has 0 aliphatic carbocycles. The van der Waals surface area contributed by atoms with Crippen molar-refractivity contribution in [2.45, 2.75) is 12.8 Å². The molecule has 0 bridgehead atoms. The Bertz CT molecular complexity index is 426. The molecular formula is C11H18N2O4S. The van der Waals surface area contributed by atoms with Crippen molar-refractivity contribution in [3.05, 3.63) is 0 Å². The molecule has 1 atom stereocenters. The van der Waals surface area contributed by atoms with E-state index < -0.39 is 9.84 Å². The molecule has 7 heteroatoms. The Kier molecular flexibility index (Phi) is 3.89. The Balaban J connectivity index is 1.93. The normalized spacial score (nSPS) is 27.9. The average Bonchev–Trinajstić information content (AvgIpc) is 2.37. The van der Waals surface area contributed by atoms with Crippen molar-refractivity contribution in [1.29, 1.82) is 0 Å². The molecular weight excluding hydrogens is 256 g/mol. The maximum absolute atomic E-state index is 12.2. The Hall–Kier alpha value is -1.11. The summed E-state index contributed by atoms with van der Waals surface area (Å²) in [5.41, 5.74) is 0. The van der Waals surface area contributed by atoms with E-state index in [0.717, 1.165) is 6.41 Å². The molecule has 18 heavy (non-hydrogen) atoms. The molecule has 102 valence electrons. The number of hydrogen-bond donors (Lipinski definition) is 0. The van der Waals surface area contributed by atoms with Gasteiger partial charge in [0, 0.05) is 26.2 Å². The average molecular weight is 274 g/mol. The van der Waals surface area contributed by atoms with Gasteiger partial charge < -0.3 is 9.80 Å². The van der Waals surface area contributed by atoms with E-state index in [1.54, 1.807) is 9.80 Å². The summed E-state index contributed by atoms with van der Waals surface area (Å²) in [4.78, 5) is 26.1. The predicted octanol–water partition coefficient (Wildman–Crippen LogP) is -0.888. The van der Waals surface area contributed by atoms with Gasteiger partial charge in [0.1, 0.15) is 0 Å². The number of piperazine rings is 1. The fourth-order valence-corrected chi connectivity index (χ4v) is 4.22. The summed E-state index contributed by atoms with van der Waals surface area (Å²) in [5.74, 6) is -0.259. The summed E-state index contributed by atoms with van der Waals surface area (Å²) >= 11 is 0. The molecule has 0 N–H and O–H groups in total. The molecule has 2 amide bonds. The van der Waals surface area contributed by atoms with Crippen LogP contribution in [-0.2, 0) is 19.4 Å². The van der Waals surface area contributed by atoms with Crippen molar-refractivity contribution in [2.24, 2.45) is 5.92 Å². The van der Waals surface area contributed by atoms with Crippen LogP contribution in [0.5, 0.6) is 0 Å². The summed E-state index contributed by atoms with van der Waals surface area (Å²) < 4.78 is 23.0. The molecule has 2 heterocycles. The van der Waals surface area contributed by atoms with Crippen molar-refractivity contribution in [1.82, 2.24) is 9.80 Å². The molecule has 6 nitrogen and oxygen atoms in total. The molecule has 0 aromatic carbocycles. The Morgan fingerprint density at radius 1 is 1.17 bits per heavy atom. The lowest BCUT2D eigenvalue weighted by Crippen LogP contribution is -2.51. The van der Waals surface area contributed by atoms with Gasteiger partial charge in [0.15, 0.2) is 9.84 Å². The van der Waals surface area contributed by atoms with Crippen LogP contribution in [0.2, 0.25) is 0 Å². The molecule has 2 fully saturated rings. The molecule has 0 saturated carbocycles. The summed E-state index contributed by atoms with van der Waals surface area (Å²) in [6.45, 7) is 2.09. The zero-order valence-electron chi connectivity index (χ0n) is 10.2. The highest BCUT2D eigenvalue weighted by molar-refractivity contribution is 7.91. The van der Waals surface area contributed by atoms with E-state index >= 15 is 0 Å². The summed E-state index contributed by atoms with van der Waals surface area (Å²) in [6, 6.07) is 0. The van der Waals surface area contributed by atoms with Crippen LogP contribution in [0.1, 0.15) is 12.8 Å². The first-order valence-electron chi connectivity index (χ1n) is 6.20. The van der Waals surface area contributed by atoms with E-state index in [2.05, 4.69) is 0 Å². The lowest BCUT2D eigenvalue weighted by atomic mass is 10.0. The minimum atomic E-state index is -3.05. The maximum atomic E-state index is 12.2. The molecule has 0 aromatic heterocycles. The lowest BCUT2D eigenvalue weighted by molar-refractivity contribution is -0.138. The smallest absolute Gasteiger partial charge is 0.226 e. The third-order valence-electron chi connectivity index (χ3n) is 3.59. The van der Waals surface area contributed by atoms with Gasteiger partial charge in [0.25, 0.3) is 0 Å². The highest BCUT2D eigenvalue weighted by Gasteiger charge is 2.33. The van der Waals surface area contributed by atoms with Crippen molar-refractivity contribution in [3.63, 3.8) is 0 Å². The highest BCUT2D eigenvalue weighted by atomic mass is 32.2. The van der Waals surface area contributed by atoms with E-state index in [1.807, 2.05) is 0 Å². The molecule has 2 aliphatic rings.